The minimum Gasteiger partial charge on any atom is -0.316 e. The zero-order chi connectivity index (χ0) is 12.0. The Morgan fingerprint density at radius 3 is 2.62 bits per heavy atom. The lowest BCUT2D eigenvalue weighted by molar-refractivity contribution is 0.181. The van der Waals surface area contributed by atoms with Gasteiger partial charge in [-0.2, -0.15) is 0 Å². The van der Waals surface area contributed by atoms with E-state index in [0.29, 0.717) is 5.41 Å². The van der Waals surface area contributed by atoms with Crippen LogP contribution in [-0.2, 0) is 0 Å². The van der Waals surface area contributed by atoms with E-state index in [4.69, 9.17) is 0 Å². The third-order valence-corrected chi connectivity index (χ3v) is 3.09. The van der Waals surface area contributed by atoms with E-state index in [1.165, 1.54) is 25.8 Å². The molecule has 0 heterocycles. The van der Waals surface area contributed by atoms with Gasteiger partial charge in [0.1, 0.15) is 0 Å². The molecule has 0 bridgehead atoms. The first kappa shape index (κ1) is 13.7. The minimum atomic E-state index is 0.362. The molecule has 1 saturated carbocycles. The molecule has 1 fully saturated rings. The summed E-state index contributed by atoms with van der Waals surface area (Å²) in [5.41, 5.74) is 0.362. The Hall–Kier alpha value is -0.340. The van der Waals surface area contributed by atoms with Gasteiger partial charge >= 0.3 is 0 Å². The quantitative estimate of drug-likeness (QED) is 0.478. The second-order valence-corrected chi connectivity index (χ2v) is 5.79. The molecule has 0 radical (unpaired) electrons. The van der Waals surface area contributed by atoms with E-state index in [0.717, 1.165) is 25.7 Å². The number of nitrogens with one attached hydrogen (secondary N) is 1. The van der Waals surface area contributed by atoms with E-state index in [-0.39, 0.29) is 0 Å². The summed E-state index contributed by atoms with van der Waals surface area (Å²) in [6, 6.07) is 0.837. The van der Waals surface area contributed by atoms with Crippen LogP contribution in [0.15, 0.2) is 12.7 Å². The van der Waals surface area contributed by atoms with Crippen molar-refractivity contribution in [2.45, 2.75) is 46.1 Å². The Balaban J connectivity index is 2.32. The molecule has 1 rings (SSSR count). The van der Waals surface area contributed by atoms with Crippen LogP contribution >= 0.6 is 0 Å². The number of hydrogen-bond donors (Lipinski definition) is 1. The van der Waals surface area contributed by atoms with Crippen molar-refractivity contribution in [1.29, 1.82) is 0 Å². The predicted octanol–water partition coefficient (Wildman–Crippen LogP) is 2.66. The van der Waals surface area contributed by atoms with E-state index in [9.17, 15) is 0 Å². The molecular formula is C14H28N2. The maximum absolute atomic E-state index is 3.86. The summed E-state index contributed by atoms with van der Waals surface area (Å²) >= 11 is 0. The third kappa shape index (κ3) is 5.13. The predicted molar refractivity (Wildman–Crippen MR) is 71.7 cm³/mol. The first-order chi connectivity index (χ1) is 7.59. The molecule has 0 amide bonds. The molecule has 0 aromatic rings. The lowest BCUT2D eigenvalue weighted by atomic mass is 9.92. The van der Waals surface area contributed by atoms with E-state index < -0.39 is 0 Å². The number of nitrogens with zero attached hydrogens (tertiary/aromatic N) is 1. The van der Waals surface area contributed by atoms with E-state index in [2.05, 4.69) is 37.6 Å². The third-order valence-electron chi connectivity index (χ3n) is 3.09. The topological polar surface area (TPSA) is 15.3 Å². The standard InChI is InChI=1S/C14H28N2/c1-5-9-15-11-14(3,4)12-16(10-6-2)13-7-8-13/h6,13,15H,2,5,7-12H2,1,3-4H3. The zero-order valence-corrected chi connectivity index (χ0v) is 11.3. The van der Waals surface area contributed by atoms with Gasteiger partial charge in [-0.1, -0.05) is 26.8 Å². The van der Waals surface area contributed by atoms with Crippen molar-refractivity contribution in [2.75, 3.05) is 26.2 Å². The highest BCUT2D eigenvalue weighted by Gasteiger charge is 2.31. The summed E-state index contributed by atoms with van der Waals surface area (Å²) in [7, 11) is 0. The molecular weight excluding hydrogens is 196 g/mol. The van der Waals surface area contributed by atoms with Crippen molar-refractivity contribution in [3.05, 3.63) is 12.7 Å². The van der Waals surface area contributed by atoms with Gasteiger partial charge in [0.15, 0.2) is 0 Å². The molecule has 0 aromatic carbocycles. The molecule has 1 N–H and O–H groups in total. The Morgan fingerprint density at radius 1 is 1.44 bits per heavy atom. The van der Waals surface area contributed by atoms with Crippen LogP contribution in [-0.4, -0.2) is 37.1 Å². The molecule has 0 spiro atoms. The summed E-state index contributed by atoms with van der Waals surface area (Å²) in [4.78, 5) is 2.58. The van der Waals surface area contributed by atoms with Gasteiger partial charge in [0.2, 0.25) is 0 Å². The summed E-state index contributed by atoms with van der Waals surface area (Å²) in [5.74, 6) is 0. The average molecular weight is 224 g/mol. The van der Waals surface area contributed by atoms with Crippen molar-refractivity contribution in [3.8, 4) is 0 Å². The van der Waals surface area contributed by atoms with Gasteiger partial charge < -0.3 is 5.32 Å². The molecule has 2 heteroatoms. The van der Waals surface area contributed by atoms with Crippen LogP contribution in [0.5, 0.6) is 0 Å². The summed E-state index contributed by atoms with van der Waals surface area (Å²) in [6.07, 6.45) is 6.02. The van der Waals surface area contributed by atoms with Gasteiger partial charge in [0.25, 0.3) is 0 Å². The largest absolute Gasteiger partial charge is 0.316 e. The van der Waals surface area contributed by atoms with Gasteiger partial charge in [-0.05, 0) is 31.2 Å². The molecule has 1 aliphatic carbocycles. The first-order valence-corrected chi connectivity index (χ1v) is 6.64. The lowest BCUT2D eigenvalue weighted by Crippen LogP contribution is -2.41. The summed E-state index contributed by atoms with van der Waals surface area (Å²) < 4.78 is 0. The van der Waals surface area contributed by atoms with Crippen LogP contribution < -0.4 is 5.32 Å². The molecule has 0 aromatic heterocycles. The molecule has 94 valence electrons. The average Bonchev–Trinajstić information content (AvgIpc) is 3.00. The van der Waals surface area contributed by atoms with Crippen LogP contribution in [0.1, 0.15) is 40.0 Å². The van der Waals surface area contributed by atoms with Gasteiger partial charge in [0.05, 0.1) is 0 Å². The second-order valence-electron chi connectivity index (χ2n) is 5.79. The van der Waals surface area contributed by atoms with Crippen molar-refractivity contribution in [1.82, 2.24) is 10.2 Å². The van der Waals surface area contributed by atoms with Crippen LogP contribution in [0.3, 0.4) is 0 Å². The Labute approximate surface area is 101 Å². The fourth-order valence-corrected chi connectivity index (χ4v) is 2.16. The Morgan fingerprint density at radius 2 is 2.12 bits per heavy atom. The lowest BCUT2D eigenvalue weighted by Gasteiger charge is -2.32. The highest BCUT2D eigenvalue weighted by atomic mass is 15.2. The maximum Gasteiger partial charge on any atom is 0.0163 e. The van der Waals surface area contributed by atoms with E-state index >= 15 is 0 Å². The van der Waals surface area contributed by atoms with Crippen LogP contribution in [0.25, 0.3) is 0 Å². The van der Waals surface area contributed by atoms with Crippen molar-refractivity contribution >= 4 is 0 Å². The molecule has 0 saturated heterocycles. The van der Waals surface area contributed by atoms with E-state index in [1.807, 2.05) is 6.08 Å². The molecule has 1 aliphatic rings. The fraction of sp³-hybridized carbons (Fsp3) is 0.857. The van der Waals surface area contributed by atoms with Gasteiger partial charge in [-0.15, -0.1) is 6.58 Å². The summed E-state index contributed by atoms with van der Waals surface area (Å²) in [6.45, 7) is 15.3. The zero-order valence-electron chi connectivity index (χ0n) is 11.3. The molecule has 2 nitrogen and oxygen atoms in total. The van der Waals surface area contributed by atoms with Crippen molar-refractivity contribution in [3.63, 3.8) is 0 Å². The Bertz CT molecular complexity index is 207. The van der Waals surface area contributed by atoms with Crippen LogP contribution in [0.2, 0.25) is 0 Å². The first-order valence-electron chi connectivity index (χ1n) is 6.64. The molecule has 0 unspecified atom stereocenters. The highest BCUT2D eigenvalue weighted by molar-refractivity contribution is 4.91. The number of hydrogen-bond acceptors (Lipinski definition) is 2. The SMILES string of the molecule is C=CCN(CC(C)(C)CNCCC)C1CC1. The molecule has 0 aliphatic heterocycles. The van der Waals surface area contributed by atoms with Crippen molar-refractivity contribution in [2.24, 2.45) is 5.41 Å². The normalized spacial score (nSPS) is 16.8. The minimum absolute atomic E-state index is 0.362. The van der Waals surface area contributed by atoms with Gasteiger partial charge in [-0.25, -0.2) is 0 Å². The van der Waals surface area contributed by atoms with Gasteiger partial charge in [0, 0.05) is 25.7 Å². The Kier molecular flexibility index (Phi) is 5.50. The number of rotatable bonds is 9. The van der Waals surface area contributed by atoms with Crippen LogP contribution in [0, 0.1) is 5.41 Å². The monoisotopic (exact) mass is 224 g/mol. The summed E-state index contributed by atoms with van der Waals surface area (Å²) in [5, 5.41) is 3.53. The smallest absolute Gasteiger partial charge is 0.0163 e. The fourth-order valence-electron chi connectivity index (χ4n) is 2.16. The highest BCUT2D eigenvalue weighted by Crippen LogP contribution is 2.29. The van der Waals surface area contributed by atoms with Crippen molar-refractivity contribution < 1.29 is 0 Å². The molecule has 16 heavy (non-hydrogen) atoms. The van der Waals surface area contributed by atoms with Gasteiger partial charge in [-0.3, -0.25) is 4.90 Å². The molecule has 0 atom stereocenters. The second kappa shape index (κ2) is 6.41. The van der Waals surface area contributed by atoms with Crippen LogP contribution in [0.4, 0.5) is 0 Å². The maximum atomic E-state index is 3.86. The van der Waals surface area contributed by atoms with E-state index in [1.54, 1.807) is 0 Å².